The predicted octanol–water partition coefficient (Wildman–Crippen LogP) is 3.91. The molecule has 11 nitrogen and oxygen atoms in total. The predicted molar refractivity (Wildman–Crippen MR) is 134 cm³/mol. The van der Waals surface area contributed by atoms with Gasteiger partial charge in [0.05, 0.1) is 24.1 Å². The lowest BCUT2D eigenvalue weighted by atomic mass is 10.2. The van der Waals surface area contributed by atoms with Gasteiger partial charge in [0, 0.05) is 37.8 Å². The minimum absolute atomic E-state index is 0.0653. The van der Waals surface area contributed by atoms with Crippen molar-refractivity contribution in [2.24, 2.45) is 24.8 Å². The molecule has 1 aliphatic carbocycles. The normalized spacial score (nSPS) is 21.2. The van der Waals surface area contributed by atoms with Crippen molar-refractivity contribution in [2.45, 2.75) is 19.2 Å². The van der Waals surface area contributed by atoms with Crippen LogP contribution in [0.2, 0.25) is 5.15 Å². The number of anilines is 2. The van der Waals surface area contributed by atoms with E-state index in [0.717, 1.165) is 0 Å². The Balaban J connectivity index is 1.18. The number of carbonyl (C=O) groups excluding carboxylic acids is 2. The van der Waals surface area contributed by atoms with Crippen LogP contribution in [0.5, 0.6) is 0 Å². The molecule has 5 rings (SSSR count). The number of fused-ring (bicyclic) bond motifs is 1. The largest absolute Gasteiger partial charge is 0.441 e. The topological polar surface area (TPSA) is 127 Å². The Labute approximate surface area is 225 Å². The zero-order valence-corrected chi connectivity index (χ0v) is 21.6. The van der Waals surface area contributed by atoms with E-state index in [2.05, 4.69) is 30.9 Å². The summed E-state index contributed by atoms with van der Waals surface area (Å²) in [4.78, 5) is 34.9. The van der Waals surface area contributed by atoms with Crippen LogP contribution in [0, 0.1) is 17.8 Å². The number of hydrogen-bond donors (Lipinski definition) is 2. The second kappa shape index (κ2) is 10.4. The van der Waals surface area contributed by atoms with Crippen LogP contribution in [0.3, 0.4) is 0 Å². The molecule has 0 radical (unpaired) electrons. The summed E-state index contributed by atoms with van der Waals surface area (Å²) in [6.07, 6.45) is -2.71. The van der Waals surface area contributed by atoms with Gasteiger partial charge in [-0.25, -0.2) is 14.5 Å². The number of carbonyl (C=O) groups is 2. The highest BCUT2D eigenvalue weighted by molar-refractivity contribution is 6.30. The molecule has 4 atom stereocenters. The van der Waals surface area contributed by atoms with Gasteiger partial charge in [-0.15, -0.1) is 5.10 Å². The molecule has 206 valence electrons. The zero-order valence-electron chi connectivity index (χ0n) is 20.8. The van der Waals surface area contributed by atoms with Gasteiger partial charge in [0.1, 0.15) is 11.3 Å². The standard InChI is InChI=1S/C24H24ClF3N8O3/c1-12(14-4-3-7-29-20(14)25)39-23(38)32-21-19(33-34-35(21)2)17-6-5-13(8-30-17)31-22(37)18-15-9-36(10-16(15)18)11-24(26,27)28/h3-8,12,15-16,18H,9-11H2,1-2H3,(H,31,37)(H,32,38)/t12-,15-,16+,18+/m1/s1. The summed E-state index contributed by atoms with van der Waals surface area (Å²) in [5, 5.41) is 13.6. The number of likely N-dealkylation sites (tertiary alicyclic amines) is 1. The lowest BCUT2D eigenvalue weighted by Gasteiger charge is -2.20. The second-order valence-electron chi connectivity index (χ2n) is 9.55. The van der Waals surface area contributed by atoms with E-state index in [1.807, 2.05) is 0 Å². The first-order valence-electron chi connectivity index (χ1n) is 12.0. The van der Waals surface area contributed by atoms with Crippen LogP contribution >= 0.6 is 11.6 Å². The molecule has 2 amide bonds. The van der Waals surface area contributed by atoms with Crippen LogP contribution in [0.25, 0.3) is 11.4 Å². The van der Waals surface area contributed by atoms with Gasteiger partial charge in [-0.3, -0.25) is 20.0 Å². The monoisotopic (exact) mass is 564 g/mol. The molecule has 1 saturated carbocycles. The average molecular weight is 565 g/mol. The zero-order chi connectivity index (χ0) is 27.9. The van der Waals surface area contributed by atoms with Gasteiger partial charge in [0.25, 0.3) is 0 Å². The number of alkyl halides is 3. The van der Waals surface area contributed by atoms with Crippen LogP contribution in [0.1, 0.15) is 18.6 Å². The molecule has 0 unspecified atom stereocenters. The van der Waals surface area contributed by atoms with Crippen LogP contribution < -0.4 is 10.6 Å². The van der Waals surface area contributed by atoms with Gasteiger partial charge in [-0.1, -0.05) is 22.9 Å². The van der Waals surface area contributed by atoms with Gasteiger partial charge < -0.3 is 10.1 Å². The molecular weight excluding hydrogens is 541 g/mol. The molecule has 0 spiro atoms. The molecule has 3 aromatic rings. The number of nitrogens with zero attached hydrogens (tertiary/aromatic N) is 6. The summed E-state index contributed by atoms with van der Waals surface area (Å²) in [5.41, 5.74) is 1.64. The third kappa shape index (κ3) is 5.96. The summed E-state index contributed by atoms with van der Waals surface area (Å²) in [7, 11) is 1.59. The molecule has 2 aliphatic rings. The molecule has 15 heteroatoms. The number of halogens is 4. The van der Waals surface area contributed by atoms with Crippen molar-refractivity contribution in [3.05, 3.63) is 47.4 Å². The van der Waals surface area contributed by atoms with E-state index < -0.39 is 24.9 Å². The van der Waals surface area contributed by atoms with Crippen molar-refractivity contribution in [1.82, 2.24) is 29.9 Å². The number of aromatic nitrogens is 5. The second-order valence-corrected chi connectivity index (χ2v) is 9.91. The fourth-order valence-electron chi connectivity index (χ4n) is 4.94. The Morgan fingerprint density at radius 2 is 1.92 bits per heavy atom. The van der Waals surface area contributed by atoms with Crippen LogP contribution in [0.15, 0.2) is 36.7 Å². The van der Waals surface area contributed by atoms with E-state index in [1.54, 1.807) is 38.2 Å². The molecule has 4 heterocycles. The van der Waals surface area contributed by atoms with Crippen LogP contribution in [-0.2, 0) is 16.6 Å². The van der Waals surface area contributed by atoms with E-state index in [1.165, 1.54) is 22.0 Å². The Hall–Kier alpha value is -3.78. The first-order valence-corrected chi connectivity index (χ1v) is 12.4. The highest BCUT2D eigenvalue weighted by Crippen LogP contribution is 2.52. The Bertz CT molecular complexity index is 1370. The first-order chi connectivity index (χ1) is 18.5. The number of piperidine rings is 1. The van der Waals surface area contributed by atoms with Gasteiger partial charge in [-0.2, -0.15) is 13.2 Å². The number of rotatable bonds is 7. The maximum Gasteiger partial charge on any atom is 0.413 e. The van der Waals surface area contributed by atoms with E-state index >= 15 is 0 Å². The smallest absolute Gasteiger partial charge is 0.413 e. The van der Waals surface area contributed by atoms with Gasteiger partial charge >= 0.3 is 12.3 Å². The van der Waals surface area contributed by atoms with Crippen LogP contribution in [0.4, 0.5) is 29.5 Å². The summed E-state index contributed by atoms with van der Waals surface area (Å²) < 4.78 is 44.5. The Morgan fingerprint density at radius 3 is 2.56 bits per heavy atom. The first kappa shape index (κ1) is 26.8. The van der Waals surface area contributed by atoms with Gasteiger partial charge in [-0.05, 0) is 37.0 Å². The van der Waals surface area contributed by atoms with E-state index in [0.29, 0.717) is 16.9 Å². The molecule has 2 N–H and O–H groups in total. The van der Waals surface area contributed by atoms with Crippen molar-refractivity contribution >= 4 is 35.1 Å². The molecule has 1 aliphatic heterocycles. The highest BCUT2D eigenvalue weighted by atomic mass is 35.5. The van der Waals surface area contributed by atoms with Crippen molar-refractivity contribution in [3.8, 4) is 11.4 Å². The fourth-order valence-corrected chi connectivity index (χ4v) is 5.21. The third-order valence-corrected chi connectivity index (χ3v) is 7.12. The van der Waals surface area contributed by atoms with Gasteiger partial charge in [0.15, 0.2) is 11.5 Å². The average Bonchev–Trinajstić information content (AvgIpc) is 3.17. The summed E-state index contributed by atoms with van der Waals surface area (Å²) >= 11 is 6.07. The van der Waals surface area contributed by atoms with Crippen LogP contribution in [-0.4, -0.2) is 67.7 Å². The molecule has 0 bridgehead atoms. The third-order valence-electron chi connectivity index (χ3n) is 6.81. The molecule has 1 saturated heterocycles. The summed E-state index contributed by atoms with van der Waals surface area (Å²) in [6, 6.07) is 6.61. The quantitative estimate of drug-likeness (QED) is 0.414. The van der Waals surface area contributed by atoms with Crippen molar-refractivity contribution < 1.29 is 27.5 Å². The maximum absolute atomic E-state index is 12.6. The highest BCUT2D eigenvalue weighted by Gasteiger charge is 2.60. The Morgan fingerprint density at radius 1 is 1.18 bits per heavy atom. The van der Waals surface area contributed by atoms with E-state index in [4.69, 9.17) is 16.3 Å². The van der Waals surface area contributed by atoms with Crippen molar-refractivity contribution in [3.63, 3.8) is 0 Å². The summed E-state index contributed by atoms with van der Waals surface area (Å²) in [6.45, 7) is 1.23. The SMILES string of the molecule is C[C@@H](OC(=O)Nc1c(-c2ccc(NC(=O)[C@H]3[C@@H]4CN(CC(F)(F)F)C[C@@H]43)cn2)nnn1C)c1cccnc1Cl. The number of ether oxygens (including phenoxy) is 1. The lowest BCUT2D eigenvalue weighted by molar-refractivity contribution is -0.145. The van der Waals surface area contributed by atoms with E-state index in [-0.39, 0.29) is 53.4 Å². The van der Waals surface area contributed by atoms with Crippen molar-refractivity contribution in [2.75, 3.05) is 30.3 Å². The maximum atomic E-state index is 12.6. The summed E-state index contributed by atoms with van der Waals surface area (Å²) in [5.74, 6) is -0.435. The molecule has 0 aromatic carbocycles. The number of nitrogens with one attached hydrogen (secondary N) is 2. The molecular formula is C24H24ClF3N8O3. The van der Waals surface area contributed by atoms with Crippen molar-refractivity contribution in [1.29, 1.82) is 0 Å². The minimum Gasteiger partial charge on any atom is -0.441 e. The molecule has 3 aromatic heterocycles. The number of aryl methyl sites for hydroxylation is 1. The number of amides is 2. The fraction of sp³-hybridized carbons (Fsp3) is 0.417. The lowest BCUT2D eigenvalue weighted by Crippen LogP contribution is -2.35. The molecule has 39 heavy (non-hydrogen) atoms. The Kier molecular flexibility index (Phi) is 7.16. The van der Waals surface area contributed by atoms with E-state index in [9.17, 15) is 22.8 Å². The number of pyridine rings is 2. The molecule has 2 fully saturated rings. The number of hydrogen-bond acceptors (Lipinski definition) is 8. The van der Waals surface area contributed by atoms with Gasteiger partial charge in [0.2, 0.25) is 5.91 Å². The minimum atomic E-state index is -4.24.